The third kappa shape index (κ3) is 3.43. The molecule has 0 spiro atoms. The summed E-state index contributed by atoms with van der Waals surface area (Å²) in [6.45, 7) is 0.905. The summed E-state index contributed by atoms with van der Waals surface area (Å²) in [5, 5.41) is 3.15. The highest BCUT2D eigenvalue weighted by Crippen LogP contribution is 2.30. The number of carbonyl (C=O) groups excluding carboxylic acids is 1. The molecule has 0 unspecified atom stereocenters. The lowest BCUT2D eigenvalue weighted by molar-refractivity contribution is 0.0465. The van der Waals surface area contributed by atoms with Crippen LogP contribution in [0.3, 0.4) is 0 Å². The van der Waals surface area contributed by atoms with Gasteiger partial charge in [-0.3, -0.25) is 0 Å². The fraction of sp³-hybridized carbons (Fsp3) is 0.333. The molecule has 0 bridgehead atoms. The van der Waals surface area contributed by atoms with Crippen molar-refractivity contribution in [1.82, 2.24) is 4.98 Å². The van der Waals surface area contributed by atoms with Crippen LogP contribution in [-0.2, 0) is 16.1 Å². The SMILES string of the molecule is O=C(OCc1ccccc1Cl)c1csc([C@@H]2CCCO2)n1. The second kappa shape index (κ2) is 6.56. The normalized spacial score (nSPS) is 17.9. The number of ether oxygens (including phenoxy) is 2. The third-order valence-electron chi connectivity index (χ3n) is 3.25. The monoisotopic (exact) mass is 323 g/mol. The number of hydrogen-bond acceptors (Lipinski definition) is 5. The van der Waals surface area contributed by atoms with Crippen LogP contribution in [0.1, 0.15) is 40.0 Å². The van der Waals surface area contributed by atoms with Gasteiger partial charge in [-0.15, -0.1) is 11.3 Å². The zero-order chi connectivity index (χ0) is 14.7. The van der Waals surface area contributed by atoms with E-state index in [1.54, 1.807) is 11.4 Å². The van der Waals surface area contributed by atoms with Crippen molar-refractivity contribution >= 4 is 28.9 Å². The summed E-state index contributed by atoms with van der Waals surface area (Å²) in [5.74, 6) is -0.435. The minimum atomic E-state index is -0.435. The zero-order valence-electron chi connectivity index (χ0n) is 11.3. The summed E-state index contributed by atoms with van der Waals surface area (Å²) in [7, 11) is 0. The Labute approximate surface area is 131 Å². The summed E-state index contributed by atoms with van der Waals surface area (Å²) in [6.07, 6.45) is 2.03. The van der Waals surface area contributed by atoms with Gasteiger partial charge in [0.1, 0.15) is 17.7 Å². The molecule has 6 heteroatoms. The minimum Gasteiger partial charge on any atom is -0.456 e. The summed E-state index contributed by atoms with van der Waals surface area (Å²) < 4.78 is 10.8. The van der Waals surface area contributed by atoms with Crippen molar-refractivity contribution in [2.45, 2.75) is 25.6 Å². The van der Waals surface area contributed by atoms with E-state index >= 15 is 0 Å². The molecule has 0 N–H and O–H groups in total. The van der Waals surface area contributed by atoms with Gasteiger partial charge in [0.15, 0.2) is 5.69 Å². The van der Waals surface area contributed by atoms with Crippen LogP contribution in [0.2, 0.25) is 5.02 Å². The van der Waals surface area contributed by atoms with Crippen LogP contribution in [0.25, 0.3) is 0 Å². The Morgan fingerprint density at radius 3 is 3.10 bits per heavy atom. The summed E-state index contributed by atoms with van der Waals surface area (Å²) in [5.41, 5.74) is 1.11. The Hall–Kier alpha value is -1.43. The van der Waals surface area contributed by atoms with E-state index in [2.05, 4.69) is 4.98 Å². The number of carbonyl (C=O) groups is 1. The zero-order valence-corrected chi connectivity index (χ0v) is 12.8. The highest BCUT2D eigenvalue weighted by molar-refractivity contribution is 7.09. The lowest BCUT2D eigenvalue weighted by Crippen LogP contribution is -2.06. The van der Waals surface area contributed by atoms with Gasteiger partial charge >= 0.3 is 5.97 Å². The smallest absolute Gasteiger partial charge is 0.358 e. The lowest BCUT2D eigenvalue weighted by Gasteiger charge is -2.05. The molecule has 1 aliphatic heterocycles. The van der Waals surface area contributed by atoms with E-state index in [9.17, 15) is 4.79 Å². The first-order chi connectivity index (χ1) is 10.2. The highest BCUT2D eigenvalue weighted by Gasteiger charge is 2.22. The van der Waals surface area contributed by atoms with Crippen LogP contribution in [0, 0.1) is 0 Å². The van der Waals surface area contributed by atoms with Gasteiger partial charge in [0.05, 0.1) is 0 Å². The van der Waals surface area contributed by atoms with Gasteiger partial charge in [0.25, 0.3) is 0 Å². The molecule has 0 radical (unpaired) electrons. The second-order valence-corrected chi connectivity index (χ2v) is 6.04. The molecule has 0 amide bonds. The van der Waals surface area contributed by atoms with Crippen LogP contribution >= 0.6 is 22.9 Å². The quantitative estimate of drug-likeness (QED) is 0.798. The standard InChI is InChI=1S/C15H14ClNO3S/c16-11-5-2-1-4-10(11)8-20-15(18)12-9-21-14(17-12)13-6-3-7-19-13/h1-2,4-5,9,13H,3,6-8H2/t13-/m0/s1. The van der Waals surface area contributed by atoms with Gasteiger partial charge in [-0.25, -0.2) is 9.78 Å². The Morgan fingerprint density at radius 2 is 2.33 bits per heavy atom. The molecule has 2 aromatic rings. The predicted molar refractivity (Wildman–Crippen MR) is 80.6 cm³/mol. The molecule has 1 fully saturated rings. The molecule has 21 heavy (non-hydrogen) atoms. The van der Waals surface area contributed by atoms with Crippen LogP contribution in [0.4, 0.5) is 0 Å². The van der Waals surface area contributed by atoms with Gasteiger partial charge in [0.2, 0.25) is 0 Å². The first kappa shape index (κ1) is 14.5. The summed E-state index contributed by atoms with van der Waals surface area (Å²) >= 11 is 7.46. The molecule has 1 atom stereocenters. The average Bonchev–Trinajstić information content (AvgIpc) is 3.16. The maximum Gasteiger partial charge on any atom is 0.358 e. The van der Waals surface area contributed by atoms with Gasteiger partial charge < -0.3 is 9.47 Å². The first-order valence-corrected chi connectivity index (χ1v) is 7.97. The van der Waals surface area contributed by atoms with E-state index < -0.39 is 5.97 Å². The number of aromatic nitrogens is 1. The topological polar surface area (TPSA) is 48.4 Å². The second-order valence-electron chi connectivity index (χ2n) is 4.74. The van der Waals surface area contributed by atoms with E-state index in [1.165, 1.54) is 11.3 Å². The Balaban J connectivity index is 1.62. The van der Waals surface area contributed by atoms with Crippen LogP contribution in [0.5, 0.6) is 0 Å². The van der Waals surface area contributed by atoms with Crippen molar-refractivity contribution in [3.05, 3.63) is 50.9 Å². The van der Waals surface area contributed by atoms with Crippen molar-refractivity contribution in [3.63, 3.8) is 0 Å². The number of nitrogens with zero attached hydrogens (tertiary/aromatic N) is 1. The fourth-order valence-corrected chi connectivity index (χ4v) is 3.19. The number of halogens is 1. The van der Waals surface area contributed by atoms with Crippen molar-refractivity contribution in [2.75, 3.05) is 6.61 Å². The number of benzene rings is 1. The van der Waals surface area contributed by atoms with E-state index in [0.29, 0.717) is 10.7 Å². The van der Waals surface area contributed by atoms with Gasteiger partial charge in [-0.05, 0) is 18.9 Å². The lowest BCUT2D eigenvalue weighted by atomic mass is 10.2. The first-order valence-electron chi connectivity index (χ1n) is 6.71. The van der Waals surface area contributed by atoms with Gasteiger partial charge in [0, 0.05) is 22.6 Å². The van der Waals surface area contributed by atoms with Gasteiger partial charge in [-0.2, -0.15) is 0 Å². The number of rotatable bonds is 4. The number of esters is 1. The van der Waals surface area contributed by atoms with E-state index in [0.717, 1.165) is 30.0 Å². The van der Waals surface area contributed by atoms with Crippen molar-refractivity contribution < 1.29 is 14.3 Å². The predicted octanol–water partition coefficient (Wildman–Crippen LogP) is 4.01. The molecule has 0 saturated carbocycles. The van der Waals surface area contributed by atoms with Crippen LogP contribution in [0.15, 0.2) is 29.6 Å². The van der Waals surface area contributed by atoms with Crippen molar-refractivity contribution in [2.24, 2.45) is 0 Å². The molecule has 0 aliphatic carbocycles. The highest BCUT2D eigenvalue weighted by atomic mass is 35.5. The molecule has 3 rings (SSSR count). The molecular formula is C15H14ClNO3S. The van der Waals surface area contributed by atoms with Gasteiger partial charge in [-0.1, -0.05) is 29.8 Å². The summed E-state index contributed by atoms with van der Waals surface area (Å²) in [6, 6.07) is 7.28. The Bertz CT molecular complexity index is 637. The molecule has 1 aromatic carbocycles. The van der Waals surface area contributed by atoms with Crippen molar-refractivity contribution in [3.8, 4) is 0 Å². The van der Waals surface area contributed by atoms with E-state index in [-0.39, 0.29) is 12.7 Å². The third-order valence-corrected chi connectivity index (χ3v) is 4.56. The number of hydrogen-bond donors (Lipinski definition) is 0. The minimum absolute atomic E-state index is 0.0279. The van der Waals surface area contributed by atoms with E-state index in [4.69, 9.17) is 21.1 Å². The van der Waals surface area contributed by atoms with E-state index in [1.807, 2.05) is 18.2 Å². The molecule has 1 saturated heterocycles. The van der Waals surface area contributed by atoms with Crippen molar-refractivity contribution in [1.29, 1.82) is 0 Å². The molecule has 1 aromatic heterocycles. The molecule has 1 aliphatic rings. The maximum atomic E-state index is 12.0. The molecule has 4 nitrogen and oxygen atoms in total. The van der Waals surface area contributed by atoms with Crippen LogP contribution < -0.4 is 0 Å². The maximum absolute atomic E-state index is 12.0. The molecular weight excluding hydrogens is 310 g/mol. The largest absolute Gasteiger partial charge is 0.456 e. The Morgan fingerprint density at radius 1 is 1.48 bits per heavy atom. The fourth-order valence-electron chi connectivity index (χ4n) is 2.13. The van der Waals surface area contributed by atoms with Crippen LogP contribution in [-0.4, -0.2) is 17.6 Å². The Kier molecular flexibility index (Phi) is 4.53. The molecule has 110 valence electrons. The average molecular weight is 324 g/mol. The molecule has 2 heterocycles. The summed E-state index contributed by atoms with van der Waals surface area (Å²) in [4.78, 5) is 16.3. The number of thiazole rings is 1.